The number of carbonyl (C=O) groups excluding carboxylic acids is 1. The fraction of sp³-hybridized carbons (Fsp3) is 0.222. The van der Waals surface area contributed by atoms with Crippen LogP contribution in [0.1, 0.15) is 25.3 Å². The van der Waals surface area contributed by atoms with Gasteiger partial charge in [0.2, 0.25) is 5.91 Å². The maximum absolute atomic E-state index is 12.2. The molecule has 0 aromatic heterocycles. The summed E-state index contributed by atoms with van der Waals surface area (Å²) in [6, 6.07) is 13.4. The molecule has 3 rings (SSSR count). The molecular formula is C18H18BrN3O3S. The van der Waals surface area contributed by atoms with Gasteiger partial charge in [0.1, 0.15) is 0 Å². The molecule has 0 saturated heterocycles. The van der Waals surface area contributed by atoms with Crippen LogP contribution in [0.2, 0.25) is 0 Å². The van der Waals surface area contributed by atoms with Crippen molar-refractivity contribution >= 4 is 43.3 Å². The van der Waals surface area contributed by atoms with E-state index in [1.54, 1.807) is 43.3 Å². The topological polar surface area (TPSA) is 87.6 Å². The Morgan fingerprint density at radius 2 is 1.69 bits per heavy atom. The van der Waals surface area contributed by atoms with Crippen LogP contribution >= 0.6 is 15.9 Å². The minimum atomic E-state index is -3.72. The first-order valence-corrected chi connectivity index (χ1v) is 10.4. The summed E-state index contributed by atoms with van der Waals surface area (Å²) in [6.45, 7) is 1.71. The summed E-state index contributed by atoms with van der Waals surface area (Å²) >= 11 is 3.27. The van der Waals surface area contributed by atoms with Crippen LogP contribution in [0.3, 0.4) is 0 Å². The molecule has 1 amide bonds. The van der Waals surface area contributed by atoms with Crippen molar-refractivity contribution < 1.29 is 13.2 Å². The van der Waals surface area contributed by atoms with Gasteiger partial charge in [-0.3, -0.25) is 4.79 Å². The SMILES string of the molecule is C/C(=N\NS(=O)(=O)c1ccc(Br)cc1)c1ccc(NC(=O)C2CC2)cc1. The normalized spacial score (nSPS) is 14.8. The first kappa shape index (κ1) is 18.6. The standard InChI is InChI=1S/C18H18BrN3O3S/c1-12(21-22-26(24,25)17-10-6-15(19)7-11-17)13-4-8-16(9-5-13)20-18(23)14-2-3-14/h4-11,14,22H,2-3H2,1H3,(H,20,23)/b21-12+. The number of hydrogen-bond acceptors (Lipinski definition) is 4. The van der Waals surface area contributed by atoms with Gasteiger partial charge >= 0.3 is 0 Å². The Hall–Kier alpha value is -2.19. The lowest BCUT2D eigenvalue weighted by atomic mass is 10.1. The summed E-state index contributed by atoms with van der Waals surface area (Å²) in [5, 5.41) is 6.83. The molecule has 0 bridgehead atoms. The Kier molecular flexibility index (Phi) is 5.43. The molecule has 6 nitrogen and oxygen atoms in total. The van der Waals surface area contributed by atoms with Gasteiger partial charge in [-0.2, -0.15) is 18.4 Å². The average Bonchev–Trinajstić information content (AvgIpc) is 3.46. The van der Waals surface area contributed by atoms with Gasteiger partial charge in [0.25, 0.3) is 10.0 Å². The highest BCUT2D eigenvalue weighted by molar-refractivity contribution is 9.10. The van der Waals surface area contributed by atoms with Crippen LogP contribution in [0.4, 0.5) is 5.69 Å². The monoisotopic (exact) mass is 435 g/mol. The molecule has 0 aliphatic heterocycles. The second-order valence-electron chi connectivity index (χ2n) is 6.09. The fourth-order valence-electron chi connectivity index (χ4n) is 2.24. The summed E-state index contributed by atoms with van der Waals surface area (Å²) in [4.78, 5) is 14.1. The van der Waals surface area contributed by atoms with Crippen molar-refractivity contribution in [3.63, 3.8) is 0 Å². The van der Waals surface area contributed by atoms with E-state index < -0.39 is 10.0 Å². The van der Waals surface area contributed by atoms with E-state index in [1.807, 2.05) is 0 Å². The van der Waals surface area contributed by atoms with Gasteiger partial charge in [0.05, 0.1) is 10.6 Å². The third-order valence-corrected chi connectivity index (χ3v) is 5.73. The van der Waals surface area contributed by atoms with E-state index in [0.717, 1.165) is 22.9 Å². The van der Waals surface area contributed by atoms with Gasteiger partial charge in [-0.05, 0) is 61.7 Å². The lowest BCUT2D eigenvalue weighted by Crippen LogP contribution is -2.20. The highest BCUT2D eigenvalue weighted by atomic mass is 79.9. The highest BCUT2D eigenvalue weighted by Gasteiger charge is 2.29. The summed E-state index contributed by atoms with van der Waals surface area (Å²) in [5.74, 6) is 0.191. The van der Waals surface area contributed by atoms with E-state index in [2.05, 4.69) is 31.2 Å². The molecule has 2 N–H and O–H groups in total. The molecule has 1 aliphatic carbocycles. The van der Waals surface area contributed by atoms with E-state index in [1.165, 1.54) is 12.1 Å². The van der Waals surface area contributed by atoms with Crippen LogP contribution < -0.4 is 10.1 Å². The second kappa shape index (κ2) is 7.59. The van der Waals surface area contributed by atoms with Crippen LogP contribution in [-0.4, -0.2) is 20.0 Å². The minimum Gasteiger partial charge on any atom is -0.326 e. The number of sulfonamides is 1. The molecule has 2 aromatic rings. The van der Waals surface area contributed by atoms with Gasteiger partial charge in [-0.15, -0.1) is 0 Å². The zero-order valence-electron chi connectivity index (χ0n) is 14.1. The summed E-state index contributed by atoms with van der Waals surface area (Å²) in [5.41, 5.74) is 1.99. The zero-order valence-corrected chi connectivity index (χ0v) is 16.5. The first-order chi connectivity index (χ1) is 12.3. The Morgan fingerprint density at radius 3 is 2.27 bits per heavy atom. The van der Waals surface area contributed by atoms with E-state index in [0.29, 0.717) is 11.4 Å². The number of halogens is 1. The maximum Gasteiger partial charge on any atom is 0.276 e. The predicted octanol–water partition coefficient (Wildman–Crippen LogP) is 3.50. The molecule has 26 heavy (non-hydrogen) atoms. The number of anilines is 1. The Bertz CT molecular complexity index is 935. The second-order valence-corrected chi connectivity index (χ2v) is 8.66. The average molecular weight is 436 g/mol. The molecule has 2 aromatic carbocycles. The molecular weight excluding hydrogens is 418 g/mol. The van der Waals surface area contributed by atoms with Gasteiger partial charge < -0.3 is 5.32 Å². The molecule has 0 unspecified atom stereocenters. The summed E-state index contributed by atoms with van der Waals surface area (Å²) < 4.78 is 25.3. The number of nitrogens with one attached hydrogen (secondary N) is 2. The number of rotatable bonds is 6. The summed E-state index contributed by atoms with van der Waals surface area (Å²) in [7, 11) is -3.72. The van der Waals surface area contributed by atoms with Crippen molar-refractivity contribution in [3.8, 4) is 0 Å². The van der Waals surface area contributed by atoms with Crippen molar-refractivity contribution in [2.24, 2.45) is 11.0 Å². The maximum atomic E-state index is 12.2. The fourth-order valence-corrected chi connectivity index (χ4v) is 3.37. The molecule has 8 heteroatoms. The van der Waals surface area contributed by atoms with Gasteiger partial charge in [-0.25, -0.2) is 0 Å². The Balaban J connectivity index is 1.66. The largest absolute Gasteiger partial charge is 0.326 e. The molecule has 0 spiro atoms. The third kappa shape index (κ3) is 4.70. The quantitative estimate of drug-likeness (QED) is 0.537. The number of hydrazone groups is 1. The van der Waals surface area contributed by atoms with Crippen molar-refractivity contribution in [1.29, 1.82) is 0 Å². The predicted molar refractivity (Wildman–Crippen MR) is 104 cm³/mol. The summed E-state index contributed by atoms with van der Waals surface area (Å²) in [6.07, 6.45) is 1.91. The number of hydrogen-bond donors (Lipinski definition) is 2. The van der Waals surface area contributed by atoms with Crippen LogP contribution in [-0.2, 0) is 14.8 Å². The first-order valence-electron chi connectivity index (χ1n) is 8.08. The van der Waals surface area contributed by atoms with E-state index in [-0.39, 0.29) is 16.7 Å². The third-order valence-electron chi connectivity index (χ3n) is 3.98. The number of carbonyl (C=O) groups is 1. The number of nitrogens with zero attached hydrogens (tertiary/aromatic N) is 1. The van der Waals surface area contributed by atoms with E-state index in [4.69, 9.17) is 0 Å². The van der Waals surface area contributed by atoms with Crippen molar-refractivity contribution in [2.75, 3.05) is 5.32 Å². The molecule has 0 heterocycles. The van der Waals surface area contributed by atoms with Crippen molar-refractivity contribution in [1.82, 2.24) is 4.83 Å². The van der Waals surface area contributed by atoms with E-state index >= 15 is 0 Å². The van der Waals surface area contributed by atoms with Crippen LogP contribution in [0.5, 0.6) is 0 Å². The lowest BCUT2D eigenvalue weighted by Gasteiger charge is -2.07. The van der Waals surface area contributed by atoms with Gasteiger partial charge in [0.15, 0.2) is 0 Å². The molecule has 1 saturated carbocycles. The number of amides is 1. The zero-order chi connectivity index (χ0) is 18.7. The van der Waals surface area contributed by atoms with Crippen LogP contribution in [0.15, 0.2) is 63.0 Å². The lowest BCUT2D eigenvalue weighted by molar-refractivity contribution is -0.117. The van der Waals surface area contributed by atoms with Gasteiger partial charge in [-0.1, -0.05) is 28.1 Å². The molecule has 0 radical (unpaired) electrons. The van der Waals surface area contributed by atoms with Crippen molar-refractivity contribution in [3.05, 3.63) is 58.6 Å². The van der Waals surface area contributed by atoms with E-state index in [9.17, 15) is 13.2 Å². The number of benzene rings is 2. The van der Waals surface area contributed by atoms with Crippen LogP contribution in [0.25, 0.3) is 0 Å². The smallest absolute Gasteiger partial charge is 0.276 e. The Morgan fingerprint density at radius 1 is 1.08 bits per heavy atom. The Labute approximate surface area is 160 Å². The molecule has 1 fully saturated rings. The molecule has 0 atom stereocenters. The molecule has 136 valence electrons. The van der Waals surface area contributed by atoms with Crippen molar-refractivity contribution in [2.45, 2.75) is 24.7 Å². The van der Waals surface area contributed by atoms with Gasteiger partial charge in [0, 0.05) is 16.1 Å². The highest BCUT2D eigenvalue weighted by Crippen LogP contribution is 2.30. The molecule has 1 aliphatic rings. The van der Waals surface area contributed by atoms with Crippen LogP contribution in [0, 0.1) is 5.92 Å². The minimum absolute atomic E-state index is 0.0467.